The zero-order valence-corrected chi connectivity index (χ0v) is 16.5. The van der Waals surface area contributed by atoms with Crippen molar-refractivity contribution >= 4 is 27.3 Å². The third kappa shape index (κ3) is 6.53. The number of hydrogen-bond donors (Lipinski definition) is 2. The smallest absolute Gasteiger partial charge is 0.251 e. The van der Waals surface area contributed by atoms with Gasteiger partial charge in [0.15, 0.2) is 0 Å². The first kappa shape index (κ1) is 20.6. The molecule has 27 heavy (non-hydrogen) atoms. The number of anilines is 1. The molecule has 7 heteroatoms. The molecule has 0 fully saturated rings. The Morgan fingerprint density at radius 3 is 2.26 bits per heavy atom. The van der Waals surface area contributed by atoms with Gasteiger partial charge in [-0.2, -0.15) is 0 Å². The number of carbonyl (C=O) groups is 2. The molecule has 0 aliphatic heterocycles. The van der Waals surface area contributed by atoms with Gasteiger partial charge in [0.25, 0.3) is 5.91 Å². The number of benzene rings is 2. The van der Waals surface area contributed by atoms with E-state index < -0.39 is 27.7 Å². The average molecular weight is 388 g/mol. The van der Waals surface area contributed by atoms with Crippen LogP contribution in [0.3, 0.4) is 0 Å². The highest BCUT2D eigenvalue weighted by Gasteiger charge is 2.23. The van der Waals surface area contributed by atoms with E-state index in [-0.39, 0.29) is 12.2 Å². The molecule has 144 valence electrons. The van der Waals surface area contributed by atoms with Crippen LogP contribution in [0.2, 0.25) is 0 Å². The molecule has 2 aromatic carbocycles. The van der Waals surface area contributed by atoms with E-state index in [1.165, 1.54) is 0 Å². The Hall–Kier alpha value is -2.67. The lowest BCUT2D eigenvalue weighted by Gasteiger charge is -2.18. The van der Waals surface area contributed by atoms with Crippen LogP contribution < -0.4 is 10.6 Å². The summed E-state index contributed by atoms with van der Waals surface area (Å²) in [5, 5.41) is 5.39. The molecular weight excluding hydrogens is 364 g/mol. The molecule has 0 saturated heterocycles. The first-order chi connectivity index (χ1) is 12.7. The summed E-state index contributed by atoms with van der Waals surface area (Å²) in [7, 11) is -3.27. The monoisotopic (exact) mass is 388 g/mol. The molecule has 0 aromatic heterocycles. The van der Waals surface area contributed by atoms with E-state index >= 15 is 0 Å². The zero-order chi connectivity index (χ0) is 20.0. The summed E-state index contributed by atoms with van der Waals surface area (Å²) in [6.07, 6.45) is 1.10. The Morgan fingerprint density at radius 2 is 1.67 bits per heavy atom. The number of sulfone groups is 1. The number of aryl methyl sites for hydroxylation is 2. The molecule has 2 aromatic rings. The van der Waals surface area contributed by atoms with Crippen LogP contribution in [0.5, 0.6) is 0 Å². The lowest BCUT2D eigenvalue weighted by Crippen LogP contribution is -2.44. The van der Waals surface area contributed by atoms with Gasteiger partial charge in [-0.15, -0.1) is 0 Å². The highest BCUT2D eigenvalue weighted by Crippen LogP contribution is 2.15. The predicted molar refractivity (Wildman–Crippen MR) is 107 cm³/mol. The second kappa shape index (κ2) is 8.81. The van der Waals surface area contributed by atoms with Gasteiger partial charge in [0.1, 0.15) is 15.9 Å². The van der Waals surface area contributed by atoms with Crippen LogP contribution in [0.1, 0.15) is 27.9 Å². The largest absolute Gasteiger partial charge is 0.340 e. The molecule has 0 bridgehead atoms. The molecule has 0 aliphatic rings. The maximum atomic E-state index is 12.7. The predicted octanol–water partition coefficient (Wildman–Crippen LogP) is 2.48. The van der Waals surface area contributed by atoms with E-state index in [2.05, 4.69) is 10.6 Å². The topological polar surface area (TPSA) is 92.3 Å². The zero-order valence-electron chi connectivity index (χ0n) is 15.7. The van der Waals surface area contributed by atoms with Crippen LogP contribution >= 0.6 is 0 Å². The van der Waals surface area contributed by atoms with Crippen LogP contribution in [0.4, 0.5) is 5.69 Å². The first-order valence-electron chi connectivity index (χ1n) is 8.57. The van der Waals surface area contributed by atoms with E-state index in [0.717, 1.165) is 17.4 Å². The fourth-order valence-corrected chi connectivity index (χ4v) is 3.14. The first-order valence-corrected chi connectivity index (χ1v) is 10.6. The summed E-state index contributed by atoms with van der Waals surface area (Å²) >= 11 is 0. The van der Waals surface area contributed by atoms with Crippen LogP contribution in [-0.4, -0.2) is 38.3 Å². The quantitative estimate of drug-likeness (QED) is 0.762. The minimum Gasteiger partial charge on any atom is -0.340 e. The maximum absolute atomic E-state index is 12.7. The Morgan fingerprint density at radius 1 is 1.00 bits per heavy atom. The van der Waals surface area contributed by atoms with Crippen LogP contribution in [0, 0.1) is 13.8 Å². The summed E-state index contributed by atoms with van der Waals surface area (Å²) in [5.74, 6) is -1.08. The Labute approximate surface area is 159 Å². The summed E-state index contributed by atoms with van der Waals surface area (Å²) in [6.45, 7) is 3.90. The van der Waals surface area contributed by atoms with Crippen molar-refractivity contribution in [1.29, 1.82) is 0 Å². The van der Waals surface area contributed by atoms with E-state index in [1.807, 2.05) is 26.0 Å². The van der Waals surface area contributed by atoms with Crippen LogP contribution in [0.15, 0.2) is 48.5 Å². The maximum Gasteiger partial charge on any atom is 0.251 e. The van der Waals surface area contributed by atoms with Crippen molar-refractivity contribution in [3.63, 3.8) is 0 Å². The molecule has 0 saturated carbocycles. The summed E-state index contributed by atoms with van der Waals surface area (Å²) in [4.78, 5) is 25.1. The van der Waals surface area contributed by atoms with Gasteiger partial charge >= 0.3 is 0 Å². The summed E-state index contributed by atoms with van der Waals surface area (Å²) in [6, 6.07) is 13.0. The van der Waals surface area contributed by atoms with Gasteiger partial charge in [0.05, 0.1) is 5.75 Å². The van der Waals surface area contributed by atoms with Gasteiger partial charge in [-0.05, 0) is 55.7 Å². The molecule has 2 rings (SSSR count). The molecule has 0 radical (unpaired) electrons. The van der Waals surface area contributed by atoms with Crippen molar-refractivity contribution in [2.45, 2.75) is 26.3 Å². The minimum absolute atomic E-state index is 0.00587. The van der Waals surface area contributed by atoms with E-state index in [1.54, 1.807) is 36.4 Å². The molecular formula is C20H24N2O4S. The van der Waals surface area contributed by atoms with E-state index in [9.17, 15) is 18.0 Å². The molecule has 0 spiro atoms. The van der Waals surface area contributed by atoms with Gasteiger partial charge < -0.3 is 10.6 Å². The second-order valence-corrected chi connectivity index (χ2v) is 8.86. The van der Waals surface area contributed by atoms with Gasteiger partial charge in [-0.25, -0.2) is 8.42 Å². The Bertz CT molecular complexity index is 924. The molecule has 0 heterocycles. The minimum atomic E-state index is -3.27. The fourth-order valence-electron chi connectivity index (χ4n) is 2.48. The molecule has 6 nitrogen and oxygen atoms in total. The highest BCUT2D eigenvalue weighted by atomic mass is 32.2. The van der Waals surface area contributed by atoms with Crippen molar-refractivity contribution < 1.29 is 18.0 Å². The van der Waals surface area contributed by atoms with Crippen molar-refractivity contribution in [3.05, 3.63) is 65.2 Å². The summed E-state index contributed by atoms with van der Waals surface area (Å²) in [5.41, 5.74) is 3.12. The lowest BCUT2D eigenvalue weighted by molar-refractivity contribution is -0.118. The second-order valence-electron chi connectivity index (χ2n) is 6.60. The van der Waals surface area contributed by atoms with Crippen molar-refractivity contribution in [1.82, 2.24) is 5.32 Å². The SMILES string of the molecule is Cc1ccc(NC(=O)[C@H](CCS(C)(=O)=O)NC(=O)c2ccccc2)cc1C. The van der Waals surface area contributed by atoms with Gasteiger partial charge in [-0.1, -0.05) is 24.3 Å². The van der Waals surface area contributed by atoms with E-state index in [0.29, 0.717) is 11.3 Å². The molecule has 0 aliphatic carbocycles. The third-order valence-corrected chi connectivity index (χ3v) is 5.19. The Kier molecular flexibility index (Phi) is 6.74. The standard InChI is InChI=1S/C20H24N2O4S/c1-14-9-10-17(13-15(14)2)21-20(24)18(11-12-27(3,25)26)22-19(23)16-7-5-4-6-8-16/h4-10,13,18H,11-12H2,1-3H3,(H,21,24)(H,22,23)/t18-/m0/s1. The molecule has 1 atom stereocenters. The third-order valence-electron chi connectivity index (χ3n) is 4.21. The Balaban J connectivity index is 2.15. The lowest BCUT2D eigenvalue weighted by atomic mass is 10.1. The van der Waals surface area contributed by atoms with Crippen LogP contribution in [-0.2, 0) is 14.6 Å². The van der Waals surface area contributed by atoms with Crippen LogP contribution in [0.25, 0.3) is 0 Å². The number of amides is 2. The molecule has 2 amide bonds. The number of nitrogens with one attached hydrogen (secondary N) is 2. The van der Waals surface area contributed by atoms with Crippen molar-refractivity contribution in [2.24, 2.45) is 0 Å². The molecule has 2 N–H and O–H groups in total. The highest BCUT2D eigenvalue weighted by molar-refractivity contribution is 7.90. The van der Waals surface area contributed by atoms with Crippen molar-refractivity contribution in [2.75, 3.05) is 17.3 Å². The van der Waals surface area contributed by atoms with Crippen molar-refractivity contribution in [3.8, 4) is 0 Å². The number of carbonyl (C=O) groups excluding carboxylic acids is 2. The number of rotatable bonds is 7. The average Bonchev–Trinajstić information content (AvgIpc) is 2.61. The molecule has 0 unspecified atom stereocenters. The normalized spacial score (nSPS) is 12.3. The van der Waals surface area contributed by atoms with Gasteiger partial charge in [-0.3, -0.25) is 9.59 Å². The number of hydrogen-bond acceptors (Lipinski definition) is 4. The fraction of sp³-hybridized carbons (Fsp3) is 0.300. The van der Waals surface area contributed by atoms with E-state index in [4.69, 9.17) is 0 Å². The van der Waals surface area contributed by atoms with Gasteiger partial charge in [0, 0.05) is 17.5 Å². The summed E-state index contributed by atoms with van der Waals surface area (Å²) < 4.78 is 23.0. The van der Waals surface area contributed by atoms with Gasteiger partial charge in [0.2, 0.25) is 5.91 Å².